The molecule has 1 rings (SSSR count). The molecule has 0 radical (unpaired) electrons. The predicted octanol–water partition coefficient (Wildman–Crippen LogP) is 0.856. The molecule has 104 valence electrons. The standard InChI is InChI=1S/C12H16FN3O3/c13-9-6-4-8(5-7-9)2-1-3-10(11(14)17)16(15)12(18)19/h4-7,10H,1-3,15H2,(H2,14,17)(H,18,19). The summed E-state index contributed by atoms with van der Waals surface area (Å²) >= 11 is 0. The van der Waals surface area contributed by atoms with E-state index >= 15 is 0 Å². The summed E-state index contributed by atoms with van der Waals surface area (Å²) < 4.78 is 12.7. The molecular weight excluding hydrogens is 253 g/mol. The molecule has 0 aliphatic rings. The highest BCUT2D eigenvalue weighted by molar-refractivity contribution is 5.83. The minimum atomic E-state index is -1.41. The lowest BCUT2D eigenvalue weighted by atomic mass is 10.0. The van der Waals surface area contributed by atoms with Gasteiger partial charge in [-0.3, -0.25) is 4.79 Å². The Morgan fingerprint density at radius 2 is 1.89 bits per heavy atom. The van der Waals surface area contributed by atoms with Crippen LogP contribution in [0.1, 0.15) is 18.4 Å². The van der Waals surface area contributed by atoms with E-state index in [-0.39, 0.29) is 12.2 Å². The Kier molecular flexibility index (Phi) is 5.25. The van der Waals surface area contributed by atoms with Gasteiger partial charge in [0, 0.05) is 0 Å². The molecule has 0 aliphatic heterocycles. The van der Waals surface area contributed by atoms with Gasteiger partial charge in [0.2, 0.25) is 5.91 Å². The molecule has 0 saturated carbocycles. The molecule has 19 heavy (non-hydrogen) atoms. The van der Waals surface area contributed by atoms with Gasteiger partial charge < -0.3 is 10.8 Å². The smallest absolute Gasteiger partial charge is 0.422 e. The number of benzene rings is 1. The number of nitrogens with zero attached hydrogens (tertiary/aromatic N) is 1. The maximum atomic E-state index is 12.7. The lowest BCUT2D eigenvalue weighted by molar-refractivity contribution is -0.123. The molecular formula is C12H16FN3O3. The highest BCUT2D eigenvalue weighted by Gasteiger charge is 2.24. The van der Waals surface area contributed by atoms with Gasteiger partial charge in [0.25, 0.3) is 0 Å². The fraction of sp³-hybridized carbons (Fsp3) is 0.333. The highest BCUT2D eigenvalue weighted by Crippen LogP contribution is 2.10. The second kappa shape index (κ2) is 6.69. The van der Waals surface area contributed by atoms with E-state index in [9.17, 15) is 14.0 Å². The van der Waals surface area contributed by atoms with Gasteiger partial charge in [-0.25, -0.2) is 20.0 Å². The van der Waals surface area contributed by atoms with Crippen LogP contribution in [0.15, 0.2) is 24.3 Å². The van der Waals surface area contributed by atoms with Gasteiger partial charge in [-0.2, -0.15) is 0 Å². The van der Waals surface area contributed by atoms with Crippen LogP contribution in [0.25, 0.3) is 0 Å². The Bertz CT molecular complexity index is 450. The van der Waals surface area contributed by atoms with E-state index in [0.29, 0.717) is 17.9 Å². The molecule has 1 unspecified atom stereocenters. The van der Waals surface area contributed by atoms with Gasteiger partial charge in [0.15, 0.2) is 0 Å². The molecule has 0 aromatic heterocycles. The Hall–Kier alpha value is -2.15. The van der Waals surface area contributed by atoms with Gasteiger partial charge in [0.1, 0.15) is 11.9 Å². The molecule has 1 aromatic rings. The maximum Gasteiger partial charge on any atom is 0.422 e. The lowest BCUT2D eigenvalue weighted by Crippen LogP contribution is -2.51. The van der Waals surface area contributed by atoms with E-state index in [1.54, 1.807) is 12.1 Å². The average molecular weight is 269 g/mol. The van der Waals surface area contributed by atoms with Crippen molar-refractivity contribution >= 4 is 12.0 Å². The van der Waals surface area contributed by atoms with Gasteiger partial charge in [-0.05, 0) is 37.0 Å². The fourth-order valence-corrected chi connectivity index (χ4v) is 1.70. The van der Waals surface area contributed by atoms with Crippen LogP contribution in [0.2, 0.25) is 0 Å². The van der Waals surface area contributed by atoms with Crippen LogP contribution in [0.4, 0.5) is 9.18 Å². The summed E-state index contributed by atoms with van der Waals surface area (Å²) in [5, 5.41) is 9.11. The molecule has 0 heterocycles. The van der Waals surface area contributed by atoms with Crippen LogP contribution < -0.4 is 11.6 Å². The molecule has 6 nitrogen and oxygen atoms in total. The molecule has 0 saturated heterocycles. The summed E-state index contributed by atoms with van der Waals surface area (Å²) in [6, 6.07) is 4.89. The van der Waals surface area contributed by atoms with Crippen LogP contribution in [0.3, 0.4) is 0 Å². The number of aryl methyl sites for hydroxylation is 1. The number of hydrogen-bond acceptors (Lipinski definition) is 3. The van der Waals surface area contributed by atoms with Crippen molar-refractivity contribution in [2.45, 2.75) is 25.3 Å². The number of halogens is 1. The summed E-state index contributed by atoms with van der Waals surface area (Å²) in [7, 11) is 0. The second-order valence-corrected chi connectivity index (χ2v) is 4.13. The van der Waals surface area contributed by atoms with Crippen molar-refractivity contribution in [3.63, 3.8) is 0 Å². The van der Waals surface area contributed by atoms with Crippen molar-refractivity contribution in [2.24, 2.45) is 11.6 Å². The summed E-state index contributed by atoms with van der Waals surface area (Å²) in [5.41, 5.74) is 5.99. The minimum absolute atomic E-state index is 0.218. The zero-order valence-electron chi connectivity index (χ0n) is 10.3. The van der Waals surface area contributed by atoms with E-state index in [2.05, 4.69) is 0 Å². The normalized spacial score (nSPS) is 11.9. The second-order valence-electron chi connectivity index (χ2n) is 4.13. The first-order valence-corrected chi connectivity index (χ1v) is 5.72. The van der Waals surface area contributed by atoms with Gasteiger partial charge in [-0.15, -0.1) is 0 Å². The Balaban J connectivity index is 2.51. The largest absolute Gasteiger partial charge is 0.464 e. The molecule has 0 aliphatic carbocycles. The van der Waals surface area contributed by atoms with Gasteiger partial charge in [-0.1, -0.05) is 12.1 Å². The highest BCUT2D eigenvalue weighted by atomic mass is 19.1. The number of carboxylic acid groups (broad SMARTS) is 1. The molecule has 7 heteroatoms. The molecule has 1 atom stereocenters. The van der Waals surface area contributed by atoms with Crippen LogP contribution in [-0.2, 0) is 11.2 Å². The first-order chi connectivity index (χ1) is 8.91. The fourth-order valence-electron chi connectivity index (χ4n) is 1.70. The molecule has 5 N–H and O–H groups in total. The summed E-state index contributed by atoms with van der Waals surface area (Å²) in [5.74, 6) is 4.13. The first kappa shape index (κ1) is 14.9. The number of amides is 2. The maximum absolute atomic E-state index is 12.7. The molecule has 0 fully saturated rings. The third-order valence-electron chi connectivity index (χ3n) is 2.74. The van der Waals surface area contributed by atoms with Crippen molar-refractivity contribution in [3.05, 3.63) is 35.6 Å². The van der Waals surface area contributed by atoms with Crippen molar-refractivity contribution < 1.29 is 19.1 Å². The Labute approximate surface area is 109 Å². The number of hydrazine groups is 1. The summed E-state index contributed by atoms with van der Waals surface area (Å²) in [6.45, 7) is 0. The van der Waals surface area contributed by atoms with E-state index in [4.69, 9.17) is 16.7 Å². The minimum Gasteiger partial charge on any atom is -0.464 e. The van der Waals surface area contributed by atoms with Crippen molar-refractivity contribution in [1.29, 1.82) is 0 Å². The van der Waals surface area contributed by atoms with Crippen LogP contribution in [-0.4, -0.2) is 28.2 Å². The Morgan fingerprint density at radius 1 is 1.32 bits per heavy atom. The number of carbonyl (C=O) groups excluding carboxylic acids is 1. The molecule has 0 bridgehead atoms. The number of rotatable bonds is 6. The SMILES string of the molecule is NC(=O)C(CCCc1ccc(F)cc1)N(N)C(=O)O. The lowest BCUT2D eigenvalue weighted by Gasteiger charge is -2.21. The molecule has 1 aromatic carbocycles. The van der Waals surface area contributed by atoms with E-state index in [1.807, 2.05) is 0 Å². The van der Waals surface area contributed by atoms with Gasteiger partial charge >= 0.3 is 6.09 Å². The van der Waals surface area contributed by atoms with E-state index < -0.39 is 18.0 Å². The van der Waals surface area contributed by atoms with Gasteiger partial charge in [0.05, 0.1) is 0 Å². The van der Waals surface area contributed by atoms with Crippen LogP contribution in [0.5, 0.6) is 0 Å². The predicted molar refractivity (Wildman–Crippen MR) is 66.4 cm³/mol. The third-order valence-corrected chi connectivity index (χ3v) is 2.74. The van der Waals surface area contributed by atoms with Crippen molar-refractivity contribution in [1.82, 2.24) is 5.01 Å². The zero-order valence-corrected chi connectivity index (χ0v) is 10.3. The quantitative estimate of drug-likeness (QED) is 0.404. The number of nitrogens with two attached hydrogens (primary N) is 2. The Morgan fingerprint density at radius 3 is 2.37 bits per heavy atom. The molecule has 2 amide bonds. The topological polar surface area (TPSA) is 110 Å². The zero-order chi connectivity index (χ0) is 14.4. The number of primary amides is 1. The van der Waals surface area contributed by atoms with E-state index in [1.165, 1.54) is 12.1 Å². The summed E-state index contributed by atoms with van der Waals surface area (Å²) in [6.07, 6.45) is -0.0988. The van der Waals surface area contributed by atoms with E-state index in [0.717, 1.165) is 5.56 Å². The van der Waals surface area contributed by atoms with Crippen molar-refractivity contribution in [3.8, 4) is 0 Å². The third kappa shape index (κ3) is 4.55. The first-order valence-electron chi connectivity index (χ1n) is 5.72. The van der Waals surface area contributed by atoms with Crippen LogP contribution in [0, 0.1) is 5.82 Å². The monoisotopic (exact) mass is 269 g/mol. The molecule has 0 spiro atoms. The summed E-state index contributed by atoms with van der Waals surface area (Å²) in [4.78, 5) is 21.8. The average Bonchev–Trinajstić information content (AvgIpc) is 2.35. The van der Waals surface area contributed by atoms with Crippen LogP contribution >= 0.6 is 0 Å². The number of hydrogen-bond donors (Lipinski definition) is 3. The van der Waals surface area contributed by atoms with Crippen molar-refractivity contribution in [2.75, 3.05) is 0 Å². The number of carbonyl (C=O) groups is 2.